The van der Waals surface area contributed by atoms with Crippen molar-refractivity contribution < 1.29 is 9.18 Å². The van der Waals surface area contributed by atoms with Crippen molar-refractivity contribution in [2.24, 2.45) is 17.8 Å². The maximum Gasteiger partial charge on any atom is 0.132 e. The predicted octanol–water partition coefficient (Wildman–Crippen LogP) is 4.71. The number of Topliss-reactive ketones (excluding diaryl/α,β-unsaturated/α-hetero) is 1. The molecule has 0 spiro atoms. The quantitative estimate of drug-likeness (QED) is 0.627. The molecule has 0 aromatic heterocycles. The van der Waals surface area contributed by atoms with Crippen molar-refractivity contribution >= 4 is 5.78 Å². The Morgan fingerprint density at radius 2 is 2.22 bits per heavy atom. The van der Waals surface area contributed by atoms with Crippen LogP contribution in [0.4, 0.5) is 4.39 Å². The number of ketones is 1. The van der Waals surface area contributed by atoms with Gasteiger partial charge in [0, 0.05) is 6.42 Å². The average molecular weight is 254 g/mol. The molecule has 0 amide bonds. The van der Waals surface area contributed by atoms with Crippen LogP contribution >= 0.6 is 0 Å². The third-order valence-corrected chi connectivity index (χ3v) is 4.24. The number of rotatable bonds is 6. The Morgan fingerprint density at radius 3 is 2.72 bits per heavy atom. The average Bonchev–Trinajstić information content (AvgIpc) is 2.52. The summed E-state index contributed by atoms with van der Waals surface area (Å²) in [7, 11) is 0. The summed E-state index contributed by atoms with van der Waals surface area (Å²) in [6.07, 6.45) is 7.58. The fourth-order valence-electron chi connectivity index (χ4n) is 3.44. The van der Waals surface area contributed by atoms with Crippen molar-refractivity contribution in [3.8, 4) is 0 Å². The van der Waals surface area contributed by atoms with Crippen molar-refractivity contribution in [2.75, 3.05) is 0 Å². The number of allylic oxidation sites excluding steroid dienone is 2. The van der Waals surface area contributed by atoms with Gasteiger partial charge in [-0.05, 0) is 50.9 Å². The van der Waals surface area contributed by atoms with Gasteiger partial charge in [-0.2, -0.15) is 0 Å². The molecule has 2 heteroatoms. The molecular formula is C16H27FO. The Labute approximate surface area is 111 Å². The Hall–Kier alpha value is -0.660. The lowest BCUT2D eigenvalue weighted by molar-refractivity contribution is -0.118. The van der Waals surface area contributed by atoms with Gasteiger partial charge in [-0.15, -0.1) is 0 Å². The Bertz CT molecular complexity index is 310. The number of halogens is 1. The first-order chi connectivity index (χ1) is 8.41. The fourth-order valence-corrected chi connectivity index (χ4v) is 3.44. The Kier molecular flexibility index (Phi) is 5.55. The van der Waals surface area contributed by atoms with Crippen LogP contribution in [0.3, 0.4) is 0 Å². The van der Waals surface area contributed by atoms with Gasteiger partial charge in [0.15, 0.2) is 0 Å². The second kappa shape index (κ2) is 6.49. The molecule has 0 heterocycles. The van der Waals surface area contributed by atoms with E-state index in [4.69, 9.17) is 0 Å². The molecule has 1 aliphatic carbocycles. The highest BCUT2D eigenvalue weighted by atomic mass is 19.1. The highest BCUT2D eigenvalue weighted by molar-refractivity contribution is 5.75. The van der Waals surface area contributed by atoms with Crippen LogP contribution in [0.25, 0.3) is 0 Å². The second-order valence-electron chi connectivity index (χ2n) is 6.08. The lowest BCUT2D eigenvalue weighted by Crippen LogP contribution is -2.27. The summed E-state index contributed by atoms with van der Waals surface area (Å²) in [5, 5.41) is 0. The molecule has 18 heavy (non-hydrogen) atoms. The molecule has 0 saturated heterocycles. The first-order valence-electron chi connectivity index (χ1n) is 7.23. The van der Waals surface area contributed by atoms with Gasteiger partial charge in [-0.3, -0.25) is 0 Å². The van der Waals surface area contributed by atoms with E-state index in [1.165, 1.54) is 0 Å². The maximum absolute atomic E-state index is 14.9. The first-order valence-corrected chi connectivity index (χ1v) is 7.23. The number of carbonyl (C=O) groups is 1. The first kappa shape index (κ1) is 15.4. The van der Waals surface area contributed by atoms with Gasteiger partial charge in [0.05, 0.1) is 0 Å². The minimum atomic E-state index is -1.14. The highest BCUT2D eigenvalue weighted by Crippen LogP contribution is 2.47. The van der Waals surface area contributed by atoms with E-state index in [0.717, 1.165) is 19.3 Å². The van der Waals surface area contributed by atoms with Crippen LogP contribution in [0.15, 0.2) is 12.2 Å². The number of alkyl halides is 1. The van der Waals surface area contributed by atoms with Crippen molar-refractivity contribution in [3.63, 3.8) is 0 Å². The minimum Gasteiger partial charge on any atom is -0.300 e. The fraction of sp³-hybridized carbons (Fsp3) is 0.812. The molecule has 0 bridgehead atoms. The zero-order valence-corrected chi connectivity index (χ0v) is 12.2. The lowest BCUT2D eigenvalue weighted by atomic mass is 9.82. The van der Waals surface area contributed by atoms with Crippen LogP contribution in [0.1, 0.15) is 59.8 Å². The Balaban J connectivity index is 2.71. The summed E-state index contributed by atoms with van der Waals surface area (Å²) in [5.74, 6) is 1.11. The smallest absolute Gasteiger partial charge is 0.132 e. The largest absolute Gasteiger partial charge is 0.300 e. The molecule has 1 nitrogen and oxygen atoms in total. The van der Waals surface area contributed by atoms with Crippen LogP contribution in [-0.4, -0.2) is 11.5 Å². The lowest BCUT2D eigenvalue weighted by Gasteiger charge is -2.27. The van der Waals surface area contributed by atoms with E-state index in [0.29, 0.717) is 24.7 Å². The molecule has 0 aromatic carbocycles. The third-order valence-electron chi connectivity index (χ3n) is 4.24. The van der Waals surface area contributed by atoms with Crippen LogP contribution in [0, 0.1) is 17.8 Å². The molecule has 104 valence electrons. The normalized spacial score (nSPS) is 34.1. The zero-order valence-electron chi connectivity index (χ0n) is 12.2. The van der Waals surface area contributed by atoms with Gasteiger partial charge >= 0.3 is 0 Å². The van der Waals surface area contributed by atoms with Crippen molar-refractivity contribution in [1.82, 2.24) is 0 Å². The van der Waals surface area contributed by atoms with E-state index in [-0.39, 0.29) is 11.7 Å². The van der Waals surface area contributed by atoms with Crippen LogP contribution in [0.2, 0.25) is 0 Å². The van der Waals surface area contributed by atoms with Crippen molar-refractivity contribution in [2.45, 2.75) is 65.5 Å². The minimum absolute atomic E-state index is 0.0907. The molecular weight excluding hydrogens is 227 g/mol. The van der Waals surface area contributed by atoms with E-state index in [1.807, 2.05) is 13.0 Å². The number of carbonyl (C=O) groups excluding carboxylic acids is 1. The summed E-state index contributed by atoms with van der Waals surface area (Å²) >= 11 is 0. The molecule has 1 fully saturated rings. The summed E-state index contributed by atoms with van der Waals surface area (Å²) in [5.41, 5.74) is -1.14. The number of hydrogen-bond acceptors (Lipinski definition) is 1. The molecule has 0 aromatic rings. The molecule has 4 unspecified atom stereocenters. The van der Waals surface area contributed by atoms with E-state index in [1.54, 1.807) is 13.0 Å². The predicted molar refractivity (Wildman–Crippen MR) is 74.2 cm³/mol. The maximum atomic E-state index is 14.9. The molecule has 0 N–H and O–H groups in total. The van der Waals surface area contributed by atoms with Gasteiger partial charge < -0.3 is 4.79 Å². The topological polar surface area (TPSA) is 17.1 Å². The SMILES string of the molecule is C/C=C/C1(F)CC(C)CC1CC(CC)CC(C)=O. The van der Waals surface area contributed by atoms with Crippen LogP contribution in [0.5, 0.6) is 0 Å². The summed E-state index contributed by atoms with van der Waals surface area (Å²) < 4.78 is 14.9. The number of hydrogen-bond donors (Lipinski definition) is 0. The third kappa shape index (κ3) is 3.93. The van der Waals surface area contributed by atoms with Crippen molar-refractivity contribution in [1.29, 1.82) is 0 Å². The van der Waals surface area contributed by atoms with Gasteiger partial charge in [-0.1, -0.05) is 32.4 Å². The molecule has 0 aliphatic heterocycles. The van der Waals surface area contributed by atoms with Gasteiger partial charge in [0.25, 0.3) is 0 Å². The monoisotopic (exact) mass is 254 g/mol. The Morgan fingerprint density at radius 1 is 1.56 bits per heavy atom. The standard InChI is InChI=1S/C16H27FO/c1-5-7-16(17)11-12(3)8-15(16)10-14(6-2)9-13(4)18/h5,7,12,14-15H,6,8-11H2,1-4H3/b7-5+. The summed E-state index contributed by atoms with van der Waals surface area (Å²) in [6.45, 7) is 7.74. The molecule has 1 aliphatic rings. The van der Waals surface area contributed by atoms with Gasteiger partial charge in [-0.25, -0.2) is 4.39 Å². The molecule has 1 saturated carbocycles. The van der Waals surface area contributed by atoms with E-state index >= 15 is 0 Å². The van der Waals surface area contributed by atoms with Crippen LogP contribution < -0.4 is 0 Å². The molecule has 4 atom stereocenters. The van der Waals surface area contributed by atoms with E-state index in [2.05, 4.69) is 13.8 Å². The van der Waals surface area contributed by atoms with E-state index < -0.39 is 5.67 Å². The van der Waals surface area contributed by atoms with Gasteiger partial charge in [0.1, 0.15) is 11.5 Å². The molecule has 0 radical (unpaired) electrons. The highest BCUT2D eigenvalue weighted by Gasteiger charge is 2.44. The summed E-state index contributed by atoms with van der Waals surface area (Å²) in [4.78, 5) is 11.2. The van der Waals surface area contributed by atoms with Crippen molar-refractivity contribution in [3.05, 3.63) is 12.2 Å². The second-order valence-corrected chi connectivity index (χ2v) is 6.08. The summed E-state index contributed by atoms with van der Waals surface area (Å²) in [6, 6.07) is 0. The van der Waals surface area contributed by atoms with E-state index in [9.17, 15) is 9.18 Å². The van der Waals surface area contributed by atoms with Crippen LogP contribution in [-0.2, 0) is 4.79 Å². The molecule has 1 rings (SSSR count). The van der Waals surface area contributed by atoms with Gasteiger partial charge in [0.2, 0.25) is 0 Å². The zero-order chi connectivity index (χ0) is 13.8.